The Morgan fingerprint density at radius 3 is 2.76 bits per heavy atom. The number of aryl methyl sites for hydroxylation is 1. The van der Waals surface area contributed by atoms with Gasteiger partial charge in [0.05, 0.1) is 12.2 Å². The van der Waals surface area contributed by atoms with E-state index >= 15 is 0 Å². The maximum absolute atomic E-state index is 12.2. The fourth-order valence-electron chi connectivity index (χ4n) is 2.54. The number of hydrogen-bond acceptors (Lipinski definition) is 3. The first-order valence-electron chi connectivity index (χ1n) is 7.00. The number of terminal acetylenes is 1. The van der Waals surface area contributed by atoms with Crippen LogP contribution >= 0.6 is 0 Å². The zero-order chi connectivity index (χ0) is 15.4. The van der Waals surface area contributed by atoms with Crippen LogP contribution in [0.5, 0.6) is 5.75 Å². The predicted molar refractivity (Wildman–Crippen MR) is 82.6 cm³/mol. The molecule has 110 valence electrons. The average molecular weight is 285 g/mol. The van der Waals surface area contributed by atoms with E-state index in [0.29, 0.717) is 17.9 Å². The Balaban J connectivity index is 2.61. The second-order valence-corrected chi connectivity index (χ2v) is 4.60. The first kappa shape index (κ1) is 15.0. The van der Waals surface area contributed by atoms with Gasteiger partial charge in [0.15, 0.2) is 0 Å². The number of aromatic nitrogens is 1. The van der Waals surface area contributed by atoms with Crippen molar-refractivity contribution in [3.8, 4) is 18.1 Å². The second-order valence-electron chi connectivity index (χ2n) is 4.60. The number of benzene rings is 1. The van der Waals surface area contributed by atoms with Gasteiger partial charge in [-0.05, 0) is 39.0 Å². The summed E-state index contributed by atoms with van der Waals surface area (Å²) in [6, 6.07) is 5.65. The summed E-state index contributed by atoms with van der Waals surface area (Å²) >= 11 is 0. The third-order valence-electron chi connectivity index (χ3n) is 3.41. The number of carbonyl (C=O) groups is 1. The van der Waals surface area contributed by atoms with Gasteiger partial charge in [-0.2, -0.15) is 0 Å². The molecule has 0 aliphatic heterocycles. The molecule has 1 aromatic heterocycles. The van der Waals surface area contributed by atoms with E-state index < -0.39 is 0 Å². The lowest BCUT2D eigenvalue weighted by atomic mass is 10.1. The summed E-state index contributed by atoms with van der Waals surface area (Å²) in [6.45, 7) is 7.11. The standard InChI is InChI=1S/C17H19NO3/c1-5-10-21-13-8-9-15-14(11-13)16(17(19)20-7-3)12(4)18(15)6-2/h1,8-9,11H,6-7,10H2,2-4H3. The van der Waals surface area contributed by atoms with Gasteiger partial charge in [0, 0.05) is 23.1 Å². The SMILES string of the molecule is C#CCOc1ccc2c(c1)c(C(=O)OCC)c(C)n2CC. The molecule has 0 saturated carbocycles. The van der Waals surface area contributed by atoms with Gasteiger partial charge >= 0.3 is 5.97 Å². The molecule has 4 nitrogen and oxygen atoms in total. The Labute approximate surface area is 124 Å². The minimum absolute atomic E-state index is 0.202. The monoisotopic (exact) mass is 285 g/mol. The topological polar surface area (TPSA) is 40.5 Å². The van der Waals surface area contributed by atoms with Crippen molar-refractivity contribution < 1.29 is 14.3 Å². The Bertz CT molecular complexity index is 707. The molecule has 0 spiro atoms. The highest BCUT2D eigenvalue weighted by Gasteiger charge is 2.20. The van der Waals surface area contributed by atoms with Crippen molar-refractivity contribution in [1.29, 1.82) is 0 Å². The fraction of sp³-hybridized carbons (Fsp3) is 0.353. The molecule has 0 radical (unpaired) electrons. The van der Waals surface area contributed by atoms with Crippen LogP contribution in [-0.2, 0) is 11.3 Å². The molecular formula is C17H19NO3. The molecule has 0 fully saturated rings. The molecule has 1 heterocycles. The maximum atomic E-state index is 12.2. The molecular weight excluding hydrogens is 266 g/mol. The smallest absolute Gasteiger partial charge is 0.340 e. The maximum Gasteiger partial charge on any atom is 0.340 e. The van der Waals surface area contributed by atoms with Gasteiger partial charge in [0.25, 0.3) is 0 Å². The zero-order valence-electron chi connectivity index (χ0n) is 12.6. The fourth-order valence-corrected chi connectivity index (χ4v) is 2.54. The Morgan fingerprint density at radius 1 is 1.38 bits per heavy atom. The Kier molecular flexibility index (Phi) is 4.54. The minimum atomic E-state index is -0.304. The largest absolute Gasteiger partial charge is 0.481 e. The van der Waals surface area contributed by atoms with Gasteiger partial charge in [-0.1, -0.05) is 5.92 Å². The lowest BCUT2D eigenvalue weighted by molar-refractivity contribution is 0.0527. The number of fused-ring (bicyclic) bond motifs is 1. The van der Waals surface area contributed by atoms with Gasteiger partial charge in [-0.3, -0.25) is 0 Å². The van der Waals surface area contributed by atoms with E-state index in [1.165, 1.54) is 0 Å². The molecule has 0 aliphatic carbocycles. The molecule has 0 atom stereocenters. The van der Waals surface area contributed by atoms with Crippen molar-refractivity contribution in [3.05, 3.63) is 29.5 Å². The third-order valence-corrected chi connectivity index (χ3v) is 3.41. The van der Waals surface area contributed by atoms with Crippen LogP contribution in [0.25, 0.3) is 10.9 Å². The molecule has 0 aliphatic rings. The molecule has 0 unspecified atom stereocenters. The normalized spacial score (nSPS) is 10.4. The number of hydrogen-bond donors (Lipinski definition) is 0. The molecule has 2 rings (SSSR count). The molecule has 0 N–H and O–H groups in total. The van der Waals surface area contributed by atoms with E-state index in [4.69, 9.17) is 15.9 Å². The van der Waals surface area contributed by atoms with E-state index in [2.05, 4.69) is 10.5 Å². The van der Waals surface area contributed by atoms with Crippen LogP contribution in [0.1, 0.15) is 29.9 Å². The summed E-state index contributed by atoms with van der Waals surface area (Å²) in [4.78, 5) is 12.2. The minimum Gasteiger partial charge on any atom is -0.481 e. The van der Waals surface area contributed by atoms with Gasteiger partial charge in [0.1, 0.15) is 12.4 Å². The highest BCUT2D eigenvalue weighted by molar-refractivity contribution is 6.06. The van der Waals surface area contributed by atoms with E-state index in [1.807, 2.05) is 32.0 Å². The van der Waals surface area contributed by atoms with Gasteiger partial charge in [-0.15, -0.1) is 6.42 Å². The van der Waals surface area contributed by atoms with Crippen molar-refractivity contribution in [2.24, 2.45) is 0 Å². The first-order valence-corrected chi connectivity index (χ1v) is 7.00. The van der Waals surface area contributed by atoms with Gasteiger partial charge in [0.2, 0.25) is 0 Å². The Hall–Kier alpha value is -2.41. The van der Waals surface area contributed by atoms with Crippen LogP contribution in [0.15, 0.2) is 18.2 Å². The van der Waals surface area contributed by atoms with Crippen molar-refractivity contribution in [2.75, 3.05) is 13.2 Å². The van der Waals surface area contributed by atoms with Crippen LogP contribution in [-0.4, -0.2) is 23.8 Å². The van der Waals surface area contributed by atoms with E-state index in [-0.39, 0.29) is 12.6 Å². The highest BCUT2D eigenvalue weighted by Crippen LogP contribution is 2.30. The van der Waals surface area contributed by atoms with Crippen LogP contribution in [0.2, 0.25) is 0 Å². The molecule has 0 bridgehead atoms. The lowest BCUT2D eigenvalue weighted by Crippen LogP contribution is -2.07. The van der Waals surface area contributed by atoms with Crippen LogP contribution in [0.4, 0.5) is 0 Å². The van der Waals surface area contributed by atoms with E-state index in [0.717, 1.165) is 23.1 Å². The second kappa shape index (κ2) is 6.36. The highest BCUT2D eigenvalue weighted by atomic mass is 16.5. The van der Waals surface area contributed by atoms with Crippen LogP contribution in [0.3, 0.4) is 0 Å². The number of esters is 1. The van der Waals surface area contributed by atoms with Crippen molar-refractivity contribution in [3.63, 3.8) is 0 Å². The van der Waals surface area contributed by atoms with Crippen molar-refractivity contribution in [1.82, 2.24) is 4.57 Å². The molecule has 21 heavy (non-hydrogen) atoms. The summed E-state index contributed by atoms with van der Waals surface area (Å²) in [7, 11) is 0. The number of nitrogens with zero attached hydrogens (tertiary/aromatic N) is 1. The van der Waals surface area contributed by atoms with Gasteiger partial charge in [-0.25, -0.2) is 4.79 Å². The lowest BCUT2D eigenvalue weighted by Gasteiger charge is -2.05. The molecule has 0 saturated heterocycles. The van der Waals surface area contributed by atoms with Gasteiger partial charge < -0.3 is 14.0 Å². The molecule has 1 aromatic carbocycles. The Morgan fingerprint density at radius 2 is 2.14 bits per heavy atom. The number of rotatable bonds is 5. The zero-order valence-corrected chi connectivity index (χ0v) is 12.6. The van der Waals surface area contributed by atoms with Crippen LogP contribution < -0.4 is 4.74 Å². The third kappa shape index (κ3) is 2.73. The van der Waals surface area contributed by atoms with Crippen LogP contribution in [0, 0.1) is 19.3 Å². The molecule has 0 amide bonds. The quantitative estimate of drug-likeness (QED) is 0.626. The number of ether oxygens (including phenoxy) is 2. The summed E-state index contributed by atoms with van der Waals surface area (Å²) in [5, 5.41) is 0.835. The summed E-state index contributed by atoms with van der Waals surface area (Å²) in [5.74, 6) is 2.78. The molecule has 4 heteroatoms. The predicted octanol–water partition coefficient (Wildman–Crippen LogP) is 3.16. The summed E-state index contributed by atoms with van der Waals surface area (Å²) < 4.78 is 12.7. The van der Waals surface area contributed by atoms with E-state index in [1.54, 1.807) is 6.92 Å². The summed E-state index contributed by atoms with van der Waals surface area (Å²) in [6.07, 6.45) is 5.20. The average Bonchev–Trinajstić information content (AvgIpc) is 2.76. The first-order chi connectivity index (χ1) is 10.1. The van der Waals surface area contributed by atoms with Crippen molar-refractivity contribution >= 4 is 16.9 Å². The van der Waals surface area contributed by atoms with Crippen molar-refractivity contribution in [2.45, 2.75) is 27.3 Å². The number of carbonyl (C=O) groups excluding carboxylic acids is 1. The summed E-state index contributed by atoms with van der Waals surface area (Å²) in [5.41, 5.74) is 2.49. The van der Waals surface area contributed by atoms with E-state index in [9.17, 15) is 4.79 Å². The molecule has 2 aromatic rings.